The van der Waals surface area contributed by atoms with E-state index >= 15 is 0 Å². The van der Waals surface area contributed by atoms with Gasteiger partial charge < -0.3 is 10.6 Å². The minimum atomic E-state index is 0.680. The number of pyridine rings is 1. The van der Waals surface area contributed by atoms with E-state index in [1.54, 1.807) is 0 Å². The molecule has 0 aliphatic heterocycles. The molecule has 0 radical (unpaired) electrons. The van der Waals surface area contributed by atoms with Crippen LogP contribution in [0, 0.1) is 0 Å². The molecule has 0 aliphatic rings. The monoisotopic (exact) mass is 233 g/mol. The number of aromatic nitrogens is 1. The second kappa shape index (κ2) is 4.86. The molecule has 2 aromatic rings. The summed E-state index contributed by atoms with van der Waals surface area (Å²) in [5.74, 6) is 1.58. The quantitative estimate of drug-likeness (QED) is 0.852. The van der Waals surface area contributed by atoms with Gasteiger partial charge >= 0.3 is 0 Å². The van der Waals surface area contributed by atoms with E-state index in [1.165, 1.54) is 0 Å². The Balaban J connectivity index is 2.24. The van der Waals surface area contributed by atoms with Gasteiger partial charge in [-0.2, -0.15) is 0 Å². The molecule has 0 unspecified atom stereocenters. The number of para-hydroxylation sites is 1. The summed E-state index contributed by atoms with van der Waals surface area (Å²) in [6.07, 6.45) is 0. The Hall–Kier alpha value is -1.74. The molecule has 0 aliphatic carbocycles. The van der Waals surface area contributed by atoms with Crippen LogP contribution >= 0.6 is 11.6 Å². The van der Waals surface area contributed by atoms with Crippen LogP contribution in [0.3, 0.4) is 0 Å². The summed E-state index contributed by atoms with van der Waals surface area (Å²) in [6, 6.07) is 13.3. The van der Waals surface area contributed by atoms with Crippen LogP contribution < -0.4 is 10.6 Å². The van der Waals surface area contributed by atoms with E-state index < -0.39 is 0 Å². The van der Waals surface area contributed by atoms with Crippen LogP contribution in [0.15, 0.2) is 42.5 Å². The number of hydrogen-bond donors (Lipinski definition) is 2. The highest BCUT2D eigenvalue weighted by atomic mass is 35.5. The summed E-state index contributed by atoms with van der Waals surface area (Å²) < 4.78 is 0. The summed E-state index contributed by atoms with van der Waals surface area (Å²) in [4.78, 5) is 4.35. The van der Waals surface area contributed by atoms with Gasteiger partial charge in [0.05, 0.1) is 10.7 Å². The average Bonchev–Trinajstić information content (AvgIpc) is 2.32. The lowest BCUT2D eigenvalue weighted by Gasteiger charge is -2.08. The molecule has 82 valence electrons. The Morgan fingerprint density at radius 3 is 2.50 bits per heavy atom. The lowest BCUT2D eigenvalue weighted by Crippen LogP contribution is -1.97. The third-order valence-electron chi connectivity index (χ3n) is 2.14. The fourth-order valence-electron chi connectivity index (χ4n) is 1.34. The maximum absolute atomic E-state index is 6.04. The van der Waals surface area contributed by atoms with Gasteiger partial charge in [-0.15, -0.1) is 0 Å². The maximum Gasteiger partial charge on any atom is 0.132 e. The molecular formula is C12H12ClN3. The molecule has 2 rings (SSSR count). The van der Waals surface area contributed by atoms with Gasteiger partial charge in [-0.05, 0) is 24.3 Å². The first kappa shape index (κ1) is 10.8. The summed E-state index contributed by atoms with van der Waals surface area (Å²) in [6.45, 7) is 0. The zero-order valence-corrected chi connectivity index (χ0v) is 9.62. The summed E-state index contributed by atoms with van der Waals surface area (Å²) in [5, 5.41) is 6.83. The Morgan fingerprint density at radius 2 is 1.75 bits per heavy atom. The van der Waals surface area contributed by atoms with Crippen molar-refractivity contribution < 1.29 is 0 Å². The third kappa shape index (κ3) is 2.44. The number of benzene rings is 1. The number of rotatable bonds is 3. The molecule has 3 nitrogen and oxygen atoms in total. The van der Waals surface area contributed by atoms with Crippen molar-refractivity contribution in [3.8, 4) is 0 Å². The summed E-state index contributed by atoms with van der Waals surface area (Å²) in [7, 11) is 1.83. The number of hydrogen-bond acceptors (Lipinski definition) is 3. The van der Waals surface area contributed by atoms with Crippen molar-refractivity contribution >= 4 is 28.9 Å². The largest absolute Gasteiger partial charge is 0.373 e. The highest BCUT2D eigenvalue weighted by Crippen LogP contribution is 2.24. The van der Waals surface area contributed by atoms with Crippen LogP contribution in [0.2, 0.25) is 5.02 Å². The Kier molecular flexibility index (Phi) is 3.27. The van der Waals surface area contributed by atoms with Gasteiger partial charge in [0.1, 0.15) is 11.6 Å². The zero-order chi connectivity index (χ0) is 11.4. The standard InChI is InChI=1S/C12H12ClN3/c1-14-11-7-4-8-12(16-11)15-10-6-3-2-5-9(10)13/h2-8H,1H3,(H2,14,15,16). The lowest BCUT2D eigenvalue weighted by atomic mass is 10.3. The molecule has 0 spiro atoms. The fourth-order valence-corrected chi connectivity index (χ4v) is 1.53. The predicted molar refractivity (Wildman–Crippen MR) is 68.5 cm³/mol. The molecule has 0 saturated carbocycles. The van der Waals surface area contributed by atoms with Crippen molar-refractivity contribution in [3.05, 3.63) is 47.5 Å². The van der Waals surface area contributed by atoms with Crippen LogP contribution in [0.1, 0.15) is 0 Å². The summed E-state index contributed by atoms with van der Waals surface area (Å²) >= 11 is 6.04. The molecule has 16 heavy (non-hydrogen) atoms. The minimum Gasteiger partial charge on any atom is -0.373 e. The van der Waals surface area contributed by atoms with Crippen molar-refractivity contribution in [2.24, 2.45) is 0 Å². The minimum absolute atomic E-state index is 0.680. The van der Waals surface area contributed by atoms with Gasteiger partial charge in [0.15, 0.2) is 0 Å². The van der Waals surface area contributed by atoms with E-state index in [1.807, 2.05) is 49.5 Å². The van der Waals surface area contributed by atoms with E-state index in [0.717, 1.165) is 17.3 Å². The van der Waals surface area contributed by atoms with Crippen molar-refractivity contribution in [2.45, 2.75) is 0 Å². The van der Waals surface area contributed by atoms with Gasteiger partial charge in [0, 0.05) is 7.05 Å². The first-order valence-corrected chi connectivity index (χ1v) is 5.34. The predicted octanol–water partition coefficient (Wildman–Crippen LogP) is 3.52. The van der Waals surface area contributed by atoms with Crippen LogP contribution in [-0.2, 0) is 0 Å². The van der Waals surface area contributed by atoms with Gasteiger partial charge in [-0.1, -0.05) is 29.8 Å². The summed E-state index contributed by atoms with van der Waals surface area (Å²) in [5.41, 5.74) is 0.852. The van der Waals surface area contributed by atoms with Gasteiger partial charge in [-0.3, -0.25) is 0 Å². The first-order chi connectivity index (χ1) is 7.79. The first-order valence-electron chi connectivity index (χ1n) is 4.96. The van der Waals surface area contributed by atoms with Gasteiger partial charge in [-0.25, -0.2) is 4.98 Å². The second-order valence-electron chi connectivity index (χ2n) is 3.26. The van der Waals surface area contributed by atoms with E-state index in [2.05, 4.69) is 15.6 Å². The molecule has 0 saturated heterocycles. The molecule has 1 aromatic carbocycles. The molecule has 4 heteroatoms. The van der Waals surface area contributed by atoms with Crippen molar-refractivity contribution in [2.75, 3.05) is 17.7 Å². The smallest absolute Gasteiger partial charge is 0.132 e. The molecule has 0 bridgehead atoms. The molecule has 1 aromatic heterocycles. The van der Waals surface area contributed by atoms with Gasteiger partial charge in [0.2, 0.25) is 0 Å². The van der Waals surface area contributed by atoms with Crippen LogP contribution in [0.25, 0.3) is 0 Å². The number of halogens is 1. The Morgan fingerprint density at radius 1 is 1.00 bits per heavy atom. The van der Waals surface area contributed by atoms with Crippen molar-refractivity contribution in [1.29, 1.82) is 0 Å². The van der Waals surface area contributed by atoms with E-state index in [0.29, 0.717) is 5.02 Å². The zero-order valence-electron chi connectivity index (χ0n) is 8.87. The van der Waals surface area contributed by atoms with Crippen LogP contribution in [0.5, 0.6) is 0 Å². The lowest BCUT2D eigenvalue weighted by molar-refractivity contribution is 1.28. The van der Waals surface area contributed by atoms with Crippen molar-refractivity contribution in [3.63, 3.8) is 0 Å². The number of nitrogens with zero attached hydrogens (tertiary/aromatic N) is 1. The van der Waals surface area contributed by atoms with Crippen LogP contribution in [0.4, 0.5) is 17.3 Å². The molecule has 0 fully saturated rings. The molecular weight excluding hydrogens is 222 g/mol. The van der Waals surface area contributed by atoms with E-state index in [-0.39, 0.29) is 0 Å². The van der Waals surface area contributed by atoms with Gasteiger partial charge in [0.25, 0.3) is 0 Å². The molecule has 0 amide bonds. The molecule has 1 heterocycles. The van der Waals surface area contributed by atoms with E-state index in [4.69, 9.17) is 11.6 Å². The third-order valence-corrected chi connectivity index (χ3v) is 2.47. The normalized spacial score (nSPS) is 9.88. The highest BCUT2D eigenvalue weighted by Gasteiger charge is 2.00. The van der Waals surface area contributed by atoms with Crippen LogP contribution in [-0.4, -0.2) is 12.0 Å². The molecule has 0 atom stereocenters. The highest BCUT2D eigenvalue weighted by molar-refractivity contribution is 6.33. The second-order valence-corrected chi connectivity index (χ2v) is 3.67. The SMILES string of the molecule is CNc1cccc(Nc2ccccc2Cl)n1. The maximum atomic E-state index is 6.04. The number of nitrogens with one attached hydrogen (secondary N) is 2. The van der Waals surface area contributed by atoms with E-state index in [9.17, 15) is 0 Å². The Labute approximate surface area is 99.5 Å². The topological polar surface area (TPSA) is 37.0 Å². The molecule has 2 N–H and O–H groups in total. The number of anilines is 3. The fraction of sp³-hybridized carbons (Fsp3) is 0.0833. The van der Waals surface area contributed by atoms with Crippen molar-refractivity contribution in [1.82, 2.24) is 4.98 Å². The Bertz CT molecular complexity index is 485. The average molecular weight is 234 g/mol.